The summed E-state index contributed by atoms with van der Waals surface area (Å²) in [4.78, 5) is 26.7. The Balaban J connectivity index is 1.64. The Bertz CT molecular complexity index is 1690. The molecule has 0 spiro atoms. The minimum atomic E-state index is -0.169. The highest BCUT2D eigenvalue weighted by molar-refractivity contribution is 6.17. The van der Waals surface area contributed by atoms with Crippen LogP contribution in [0.5, 0.6) is 0 Å². The van der Waals surface area contributed by atoms with E-state index in [1.165, 1.54) is 5.56 Å². The average Bonchev–Trinajstić information content (AvgIpc) is 3.63. The van der Waals surface area contributed by atoms with E-state index in [9.17, 15) is 9.90 Å². The number of aliphatic hydroxyl groups is 1. The van der Waals surface area contributed by atoms with E-state index in [2.05, 4.69) is 52.1 Å². The highest BCUT2D eigenvalue weighted by Crippen LogP contribution is 2.41. The third-order valence-corrected chi connectivity index (χ3v) is 7.59. The summed E-state index contributed by atoms with van der Waals surface area (Å²) < 4.78 is 0. The largest absolute Gasteiger partial charge is 0.515 e. The van der Waals surface area contributed by atoms with Crippen molar-refractivity contribution < 1.29 is 9.90 Å². The van der Waals surface area contributed by atoms with Crippen molar-refractivity contribution in [2.45, 2.75) is 41.0 Å². The molecule has 0 aromatic heterocycles. The molecule has 2 N–H and O–H groups in total. The molecular weight excluding hydrogens is 484 g/mol. The number of hydrogen-bond acceptors (Lipinski definition) is 6. The van der Waals surface area contributed by atoms with Crippen LogP contribution in [0.1, 0.15) is 42.5 Å². The number of hydrogen-bond donors (Lipinski definition) is 2. The summed E-state index contributed by atoms with van der Waals surface area (Å²) in [5, 5.41) is 13.7. The summed E-state index contributed by atoms with van der Waals surface area (Å²) in [6.45, 7) is 10.6. The monoisotopic (exact) mass is 514 g/mol. The fourth-order valence-corrected chi connectivity index (χ4v) is 5.84. The van der Waals surface area contributed by atoms with Crippen molar-refractivity contribution in [3.8, 4) is 0 Å². The molecule has 1 aromatic carbocycles. The van der Waals surface area contributed by atoms with Crippen LogP contribution in [0.15, 0.2) is 116 Å². The number of aliphatic imine (C=N–C) groups is 3. The van der Waals surface area contributed by atoms with Gasteiger partial charge in [0.1, 0.15) is 0 Å². The number of carbonyl (C=O) groups is 1. The lowest BCUT2D eigenvalue weighted by atomic mass is 9.87. The topological polar surface area (TPSA) is 86.4 Å². The van der Waals surface area contributed by atoms with Crippen LogP contribution in [-0.4, -0.2) is 28.5 Å². The summed E-state index contributed by atoms with van der Waals surface area (Å²) in [5.74, 6) is 0. The van der Waals surface area contributed by atoms with E-state index < -0.39 is 0 Å². The predicted molar refractivity (Wildman–Crippen MR) is 158 cm³/mol. The molecule has 6 nitrogen and oxygen atoms in total. The van der Waals surface area contributed by atoms with Crippen LogP contribution < -0.4 is 5.32 Å². The van der Waals surface area contributed by atoms with Crippen LogP contribution in [0.4, 0.5) is 0 Å². The number of nitrogens with zero attached hydrogens (tertiary/aromatic N) is 3. The average molecular weight is 515 g/mol. The zero-order valence-corrected chi connectivity index (χ0v) is 22.8. The number of allylic oxidation sites excluding steroid dienone is 12. The predicted octanol–water partition coefficient (Wildman–Crippen LogP) is 6.38. The van der Waals surface area contributed by atoms with Gasteiger partial charge in [-0.15, -0.1) is 0 Å². The molecule has 5 heterocycles. The van der Waals surface area contributed by atoms with Gasteiger partial charge in [-0.1, -0.05) is 31.5 Å². The zero-order chi connectivity index (χ0) is 27.5. The van der Waals surface area contributed by atoms with Crippen LogP contribution >= 0.6 is 0 Å². The van der Waals surface area contributed by atoms with E-state index in [0.29, 0.717) is 28.3 Å². The van der Waals surface area contributed by atoms with Crippen LogP contribution in [0.25, 0.3) is 5.57 Å². The number of fused-ring (bicyclic) bond motifs is 5. The molecule has 194 valence electrons. The van der Waals surface area contributed by atoms with Gasteiger partial charge in [0.05, 0.1) is 40.5 Å². The van der Waals surface area contributed by atoms with Crippen LogP contribution in [0.2, 0.25) is 0 Å². The van der Waals surface area contributed by atoms with Gasteiger partial charge >= 0.3 is 0 Å². The number of benzene rings is 1. The molecule has 1 aromatic rings. The van der Waals surface area contributed by atoms with Gasteiger partial charge in [-0.05, 0) is 86.4 Å². The van der Waals surface area contributed by atoms with Crippen LogP contribution in [0.3, 0.4) is 0 Å². The third-order valence-electron chi connectivity index (χ3n) is 7.59. The number of rotatable bonds is 2. The Kier molecular flexibility index (Phi) is 5.72. The smallest absolute Gasteiger partial charge is 0.152 e. The van der Waals surface area contributed by atoms with Gasteiger partial charge in [-0.25, -0.2) is 15.0 Å². The van der Waals surface area contributed by atoms with E-state index in [1.807, 2.05) is 42.5 Å². The molecule has 5 aliphatic rings. The second-order valence-corrected chi connectivity index (χ2v) is 11.2. The van der Waals surface area contributed by atoms with Gasteiger partial charge in [0.15, 0.2) is 6.29 Å². The van der Waals surface area contributed by atoms with Crippen LogP contribution in [-0.2, 0) is 4.79 Å². The maximum absolute atomic E-state index is 11.9. The first-order chi connectivity index (χ1) is 18.6. The summed E-state index contributed by atoms with van der Waals surface area (Å²) in [6, 6.07) is 4.33. The number of nitrogens with one attached hydrogen (secondary N) is 1. The van der Waals surface area contributed by atoms with Crippen molar-refractivity contribution in [2.75, 3.05) is 0 Å². The Morgan fingerprint density at radius 1 is 0.897 bits per heavy atom. The Morgan fingerprint density at radius 3 is 2.38 bits per heavy atom. The van der Waals surface area contributed by atoms with Crippen molar-refractivity contribution in [3.05, 3.63) is 123 Å². The molecule has 6 rings (SSSR count). The fraction of sp³-hybridized carbons (Fsp3) is 0.212. The van der Waals surface area contributed by atoms with Crippen LogP contribution in [0, 0.1) is 26.2 Å². The van der Waals surface area contributed by atoms with Gasteiger partial charge in [-0.2, -0.15) is 0 Å². The van der Waals surface area contributed by atoms with E-state index in [-0.39, 0.29) is 5.41 Å². The molecule has 0 aliphatic carbocycles. The summed E-state index contributed by atoms with van der Waals surface area (Å²) >= 11 is 0. The first kappa shape index (κ1) is 24.7. The molecule has 6 heteroatoms. The molecule has 0 atom stereocenters. The molecule has 0 unspecified atom stereocenters. The molecule has 5 aliphatic heterocycles. The summed E-state index contributed by atoms with van der Waals surface area (Å²) in [7, 11) is 0. The normalized spacial score (nSPS) is 22.0. The molecule has 1 saturated heterocycles. The molecular formula is C33H30N4O2. The van der Waals surface area contributed by atoms with Crippen molar-refractivity contribution in [3.63, 3.8) is 0 Å². The van der Waals surface area contributed by atoms with Crippen molar-refractivity contribution >= 4 is 29.0 Å². The minimum Gasteiger partial charge on any atom is -0.515 e. The number of carbonyl (C=O) groups excluding carboxylic acids is 1. The highest BCUT2D eigenvalue weighted by atomic mass is 16.2. The second-order valence-electron chi connectivity index (χ2n) is 11.2. The summed E-state index contributed by atoms with van der Waals surface area (Å²) in [6.07, 6.45) is 16.2. The first-order valence-corrected chi connectivity index (χ1v) is 13.1. The Morgan fingerprint density at radius 2 is 1.67 bits per heavy atom. The maximum atomic E-state index is 11.9. The number of aryl methyl sites for hydroxylation is 3. The zero-order valence-electron chi connectivity index (χ0n) is 22.8. The fourth-order valence-electron chi connectivity index (χ4n) is 5.84. The van der Waals surface area contributed by atoms with E-state index in [1.54, 1.807) is 0 Å². The van der Waals surface area contributed by atoms with E-state index in [4.69, 9.17) is 15.0 Å². The lowest BCUT2D eigenvalue weighted by Crippen LogP contribution is -2.14. The quantitative estimate of drug-likeness (QED) is 0.355. The van der Waals surface area contributed by atoms with E-state index >= 15 is 0 Å². The molecule has 8 bridgehead atoms. The van der Waals surface area contributed by atoms with E-state index in [0.717, 1.165) is 69.7 Å². The van der Waals surface area contributed by atoms with Gasteiger partial charge < -0.3 is 10.4 Å². The number of aldehydes is 1. The van der Waals surface area contributed by atoms with Gasteiger partial charge in [0, 0.05) is 33.5 Å². The lowest BCUT2D eigenvalue weighted by molar-refractivity contribution is -0.104. The SMILES string of the molecule is Cc1cc(C)c(C2=C3C=CC(=N3)C=C3N=C(C=C3C=O)C=C3NC(=CC4=NC2=CC4=CO)CC3(C)C)c(C)c1. The summed E-state index contributed by atoms with van der Waals surface area (Å²) in [5.41, 5.74) is 12.6. The highest BCUT2D eigenvalue weighted by Gasteiger charge is 2.34. The van der Waals surface area contributed by atoms with Crippen molar-refractivity contribution in [2.24, 2.45) is 20.4 Å². The second kappa shape index (κ2) is 9.02. The van der Waals surface area contributed by atoms with Crippen molar-refractivity contribution in [1.82, 2.24) is 5.32 Å². The third kappa shape index (κ3) is 4.32. The van der Waals surface area contributed by atoms with Gasteiger partial charge in [0.25, 0.3) is 0 Å². The maximum Gasteiger partial charge on any atom is 0.152 e. The van der Waals surface area contributed by atoms with Gasteiger partial charge in [0.2, 0.25) is 0 Å². The number of aliphatic hydroxyl groups excluding tert-OH is 1. The first-order valence-electron chi connectivity index (χ1n) is 13.1. The molecule has 0 saturated carbocycles. The van der Waals surface area contributed by atoms with Crippen molar-refractivity contribution in [1.29, 1.82) is 0 Å². The molecule has 0 amide bonds. The molecule has 39 heavy (non-hydrogen) atoms. The molecule has 1 fully saturated rings. The molecule has 0 radical (unpaired) electrons. The Hall–Kier alpha value is -4.58. The lowest BCUT2D eigenvalue weighted by Gasteiger charge is -2.17. The minimum absolute atomic E-state index is 0.169. The van der Waals surface area contributed by atoms with Gasteiger partial charge in [-0.3, -0.25) is 4.79 Å². The Labute approximate surface area is 228 Å². The standard InChI is InChI=1S/C33H30N4O2/c1-18-8-19(2)31(20(3)9-18)32-26-7-6-23(34-26)12-27-21(16-38)10-24(35-27)14-30-33(4,5)15-25(36-30)13-28-22(17-39)11-29(32)37-28/h6-14,16-17,36,39H,15H2,1-5H3.